The highest BCUT2D eigenvalue weighted by atomic mass is 35.5. The first-order valence-corrected chi connectivity index (χ1v) is 9.55. The van der Waals surface area contributed by atoms with Crippen LogP contribution in [0.5, 0.6) is 0 Å². The molecule has 0 aromatic carbocycles. The van der Waals surface area contributed by atoms with E-state index >= 15 is 0 Å². The van der Waals surface area contributed by atoms with Crippen LogP contribution in [0, 0.1) is 0 Å². The van der Waals surface area contributed by atoms with Crippen LogP contribution in [0.1, 0.15) is 51.8 Å². The van der Waals surface area contributed by atoms with Gasteiger partial charge in [0.2, 0.25) is 0 Å². The number of halogens is 6. The van der Waals surface area contributed by atoms with E-state index in [1.54, 1.807) is 6.92 Å². The topological polar surface area (TPSA) is 76.9 Å². The van der Waals surface area contributed by atoms with Gasteiger partial charge >= 0.3 is 12.3 Å². The molecule has 0 saturated carbocycles. The van der Waals surface area contributed by atoms with E-state index in [9.17, 15) is 22.0 Å². The van der Waals surface area contributed by atoms with Crippen LogP contribution in [-0.4, -0.2) is 32.6 Å². The predicted molar refractivity (Wildman–Crippen MR) is 104 cm³/mol. The molecule has 0 bridgehead atoms. The van der Waals surface area contributed by atoms with Gasteiger partial charge < -0.3 is 5.32 Å². The van der Waals surface area contributed by atoms with Crippen LogP contribution in [0.25, 0.3) is 11.3 Å². The van der Waals surface area contributed by atoms with Crippen molar-refractivity contribution in [1.82, 2.24) is 14.8 Å². The maximum absolute atomic E-state index is 13.7. The van der Waals surface area contributed by atoms with Crippen LogP contribution in [0.3, 0.4) is 0 Å². The molecule has 0 aliphatic heterocycles. The number of aromatic nitrogens is 3. The summed E-state index contributed by atoms with van der Waals surface area (Å²) < 4.78 is 67.1. The van der Waals surface area contributed by atoms with Gasteiger partial charge in [-0.3, -0.25) is 4.68 Å². The number of nitrogens with one attached hydrogen (secondary N) is 1. The number of pyridine rings is 1. The van der Waals surface area contributed by atoms with Crippen molar-refractivity contribution in [3.8, 4) is 11.3 Å². The Morgan fingerprint density at radius 2 is 1.81 bits per heavy atom. The lowest BCUT2D eigenvalue weighted by molar-refractivity contribution is -0.191. The molecule has 0 saturated heterocycles. The van der Waals surface area contributed by atoms with E-state index < -0.39 is 24.6 Å². The summed E-state index contributed by atoms with van der Waals surface area (Å²) in [6.45, 7) is 6.72. The summed E-state index contributed by atoms with van der Waals surface area (Å²) >= 11 is 6.34. The van der Waals surface area contributed by atoms with E-state index in [1.165, 1.54) is 24.7 Å². The van der Waals surface area contributed by atoms with Gasteiger partial charge in [0.05, 0.1) is 22.8 Å². The third-order valence-electron chi connectivity index (χ3n) is 4.13. The van der Waals surface area contributed by atoms with Gasteiger partial charge in [-0.1, -0.05) is 18.5 Å². The molecule has 6 nitrogen and oxygen atoms in total. The van der Waals surface area contributed by atoms with Gasteiger partial charge in [-0.25, -0.2) is 13.8 Å². The summed E-state index contributed by atoms with van der Waals surface area (Å²) in [5.74, 6) is -0.0669. The SMILES string of the molecule is CCc1nn(CC)c(-c2cnc(NC(C)(C)CC(F)(F)F)cc2C(F)F)c1Cl.O=C=O. The summed E-state index contributed by atoms with van der Waals surface area (Å²) in [7, 11) is 0. The Morgan fingerprint density at radius 3 is 2.26 bits per heavy atom. The molecule has 2 aromatic rings. The van der Waals surface area contributed by atoms with E-state index in [4.69, 9.17) is 21.2 Å². The third kappa shape index (κ3) is 7.29. The first-order valence-electron chi connectivity index (χ1n) is 9.18. The number of rotatable bonds is 7. The zero-order valence-electron chi connectivity index (χ0n) is 17.3. The number of carbonyl (C=O) groups excluding carboxylic acids is 2. The lowest BCUT2D eigenvalue weighted by Gasteiger charge is -2.28. The van der Waals surface area contributed by atoms with Crippen molar-refractivity contribution in [3.63, 3.8) is 0 Å². The molecule has 2 rings (SSSR count). The summed E-state index contributed by atoms with van der Waals surface area (Å²) in [6.07, 6.45) is -6.43. The number of hydrogen-bond acceptors (Lipinski definition) is 5. The van der Waals surface area contributed by atoms with E-state index in [0.717, 1.165) is 6.07 Å². The number of hydrogen-bond donors (Lipinski definition) is 1. The summed E-state index contributed by atoms with van der Waals surface area (Å²) in [5, 5.41) is 7.18. The van der Waals surface area contributed by atoms with E-state index in [-0.39, 0.29) is 28.1 Å². The monoisotopic (exact) mass is 468 g/mol. The number of anilines is 1. The first-order chi connectivity index (χ1) is 14.3. The van der Waals surface area contributed by atoms with Crippen LogP contribution in [0.4, 0.5) is 27.8 Å². The zero-order chi connectivity index (χ0) is 24.0. The number of aryl methyl sites for hydroxylation is 2. The Labute approximate surface area is 180 Å². The molecule has 12 heteroatoms. The smallest absolute Gasteiger partial charge is 0.365 e. The van der Waals surface area contributed by atoms with Crippen LogP contribution >= 0.6 is 11.6 Å². The summed E-state index contributed by atoms with van der Waals surface area (Å²) in [5.41, 5.74) is -0.783. The quantitative estimate of drug-likeness (QED) is 0.529. The fraction of sp³-hybridized carbons (Fsp3) is 0.526. The van der Waals surface area contributed by atoms with Crippen LogP contribution < -0.4 is 5.32 Å². The van der Waals surface area contributed by atoms with Gasteiger partial charge in [0.15, 0.2) is 0 Å². The van der Waals surface area contributed by atoms with Crippen molar-refractivity contribution in [2.24, 2.45) is 0 Å². The highest BCUT2D eigenvalue weighted by Crippen LogP contribution is 2.38. The van der Waals surface area contributed by atoms with E-state index in [2.05, 4.69) is 15.4 Å². The van der Waals surface area contributed by atoms with Crippen LogP contribution in [0.2, 0.25) is 5.02 Å². The van der Waals surface area contributed by atoms with Crippen molar-refractivity contribution in [3.05, 3.63) is 28.5 Å². The second-order valence-electron chi connectivity index (χ2n) is 7.12. The van der Waals surface area contributed by atoms with Crippen molar-refractivity contribution in [2.45, 2.75) is 65.2 Å². The maximum atomic E-state index is 13.7. The first kappa shape index (κ1) is 26.5. The molecule has 2 heterocycles. The molecule has 0 fully saturated rings. The molecule has 1 N–H and O–H groups in total. The van der Waals surface area contributed by atoms with Gasteiger partial charge in [0, 0.05) is 29.4 Å². The lowest BCUT2D eigenvalue weighted by Crippen LogP contribution is -2.36. The molecule has 172 valence electrons. The van der Waals surface area contributed by atoms with Gasteiger partial charge in [-0.15, -0.1) is 0 Å². The maximum Gasteiger partial charge on any atom is 0.391 e. The minimum absolute atomic E-state index is 0.0669. The van der Waals surface area contributed by atoms with Crippen LogP contribution in [-0.2, 0) is 22.6 Å². The second kappa shape index (κ2) is 10.7. The molecule has 0 amide bonds. The Kier molecular flexibility index (Phi) is 9.13. The summed E-state index contributed by atoms with van der Waals surface area (Å²) in [6, 6.07) is 1.06. The number of alkyl halides is 5. The fourth-order valence-electron chi connectivity index (χ4n) is 3.01. The highest BCUT2D eigenvalue weighted by molar-refractivity contribution is 6.33. The molecular weight excluding hydrogens is 447 g/mol. The largest absolute Gasteiger partial charge is 0.391 e. The molecule has 2 aromatic heterocycles. The molecular formula is C19H22ClF5N4O2. The molecule has 0 spiro atoms. The fourth-order valence-corrected chi connectivity index (χ4v) is 3.38. The van der Waals surface area contributed by atoms with Crippen molar-refractivity contribution < 1.29 is 31.5 Å². The van der Waals surface area contributed by atoms with E-state index in [1.807, 2.05) is 6.92 Å². The lowest BCUT2D eigenvalue weighted by atomic mass is 10.00. The van der Waals surface area contributed by atoms with Gasteiger partial charge in [0.1, 0.15) is 5.82 Å². The minimum atomic E-state index is -4.40. The Bertz CT molecular complexity index is 923. The molecule has 0 aliphatic rings. The normalized spacial score (nSPS) is 11.7. The standard InChI is InChI=1S/C18H22ClF5N4.CO2/c1-5-12-14(19)15(28(6-2)27-12)11-8-25-13(7-10(11)16(20)21)26-17(3,4)9-18(22,23)24;2-1-3/h7-8,16H,5-6,9H2,1-4H3,(H,25,26);. The minimum Gasteiger partial charge on any atom is -0.365 e. The average molecular weight is 469 g/mol. The Hall–Kier alpha value is -2.52. The molecule has 31 heavy (non-hydrogen) atoms. The van der Waals surface area contributed by atoms with Crippen molar-refractivity contribution >= 4 is 23.6 Å². The summed E-state index contributed by atoms with van der Waals surface area (Å²) in [4.78, 5) is 20.3. The number of nitrogens with zero attached hydrogens (tertiary/aromatic N) is 3. The molecule has 0 aliphatic carbocycles. The molecule has 0 radical (unpaired) electrons. The molecule has 0 atom stereocenters. The Morgan fingerprint density at radius 1 is 1.23 bits per heavy atom. The zero-order valence-corrected chi connectivity index (χ0v) is 18.0. The second-order valence-corrected chi connectivity index (χ2v) is 7.50. The van der Waals surface area contributed by atoms with Gasteiger partial charge in [-0.2, -0.15) is 27.9 Å². The Balaban J connectivity index is 0.00000151. The molecule has 0 unspecified atom stereocenters. The van der Waals surface area contributed by atoms with Crippen molar-refractivity contribution in [2.75, 3.05) is 5.32 Å². The van der Waals surface area contributed by atoms with E-state index in [0.29, 0.717) is 24.4 Å². The van der Waals surface area contributed by atoms with Crippen molar-refractivity contribution in [1.29, 1.82) is 0 Å². The third-order valence-corrected chi connectivity index (χ3v) is 4.53. The average Bonchev–Trinajstić information content (AvgIpc) is 2.95. The van der Waals surface area contributed by atoms with Gasteiger partial charge in [0.25, 0.3) is 6.43 Å². The predicted octanol–water partition coefficient (Wildman–Crippen LogP) is 5.68. The van der Waals surface area contributed by atoms with Crippen LogP contribution in [0.15, 0.2) is 12.3 Å². The highest BCUT2D eigenvalue weighted by Gasteiger charge is 2.37. The van der Waals surface area contributed by atoms with Gasteiger partial charge in [-0.05, 0) is 33.3 Å².